The molecule has 0 amide bonds. The third-order valence-corrected chi connectivity index (χ3v) is 2.69. The number of ether oxygens (including phenoxy) is 1. The Morgan fingerprint density at radius 2 is 2.11 bits per heavy atom. The van der Waals surface area contributed by atoms with Gasteiger partial charge in [-0.2, -0.15) is 0 Å². The Labute approximate surface area is 107 Å². The van der Waals surface area contributed by atoms with Gasteiger partial charge in [0.2, 0.25) is 0 Å². The molecule has 0 aromatic heterocycles. The summed E-state index contributed by atoms with van der Waals surface area (Å²) >= 11 is 0. The molecule has 0 saturated carbocycles. The molecule has 18 heavy (non-hydrogen) atoms. The highest BCUT2D eigenvalue weighted by atomic mass is 16.5. The molecular weight excluding hydrogens is 232 g/mol. The second-order valence-electron chi connectivity index (χ2n) is 4.28. The molecule has 0 aliphatic carbocycles. The Hall–Kier alpha value is -1.81. The predicted molar refractivity (Wildman–Crippen MR) is 69.8 cm³/mol. The number of hydrogen-bond donors (Lipinski definition) is 2. The van der Waals surface area contributed by atoms with Crippen LogP contribution in [0.25, 0.3) is 5.57 Å². The van der Waals surface area contributed by atoms with Crippen LogP contribution in [0, 0.1) is 0 Å². The van der Waals surface area contributed by atoms with Crippen molar-refractivity contribution in [1.82, 2.24) is 0 Å². The number of methoxy groups -OCH3 is 1. The normalized spacial score (nSPS) is 11.7. The number of carboxylic acids is 1. The van der Waals surface area contributed by atoms with Gasteiger partial charge in [-0.25, -0.2) is 4.79 Å². The lowest BCUT2D eigenvalue weighted by Gasteiger charge is -2.14. The molecule has 4 heteroatoms. The fourth-order valence-electron chi connectivity index (χ4n) is 1.75. The van der Waals surface area contributed by atoms with E-state index in [9.17, 15) is 9.90 Å². The fourth-order valence-corrected chi connectivity index (χ4v) is 1.75. The third-order valence-electron chi connectivity index (χ3n) is 2.69. The van der Waals surface area contributed by atoms with Gasteiger partial charge >= 0.3 is 5.97 Å². The van der Waals surface area contributed by atoms with E-state index in [4.69, 9.17) is 9.84 Å². The highest BCUT2D eigenvalue weighted by Crippen LogP contribution is 2.29. The molecule has 1 aromatic rings. The summed E-state index contributed by atoms with van der Waals surface area (Å²) < 4.78 is 5.26. The van der Waals surface area contributed by atoms with Crippen molar-refractivity contribution < 1.29 is 19.7 Å². The van der Waals surface area contributed by atoms with Crippen LogP contribution in [0.4, 0.5) is 0 Å². The first-order chi connectivity index (χ1) is 8.49. The van der Waals surface area contributed by atoms with E-state index >= 15 is 0 Å². The average molecular weight is 250 g/mol. The zero-order valence-electron chi connectivity index (χ0n) is 10.8. The zero-order valence-corrected chi connectivity index (χ0v) is 10.8. The first kappa shape index (κ1) is 14.3. The summed E-state index contributed by atoms with van der Waals surface area (Å²) in [6.07, 6.45) is 1.02. The molecule has 1 rings (SSSR count). The summed E-state index contributed by atoms with van der Waals surface area (Å²) in [4.78, 5) is 10.7. The number of benzene rings is 1. The Morgan fingerprint density at radius 1 is 1.44 bits per heavy atom. The SMILES string of the molecule is COc1ccc(/C(=C/C(=O)O)CO)cc1C(C)C. The van der Waals surface area contributed by atoms with Gasteiger partial charge in [0.15, 0.2) is 0 Å². The maximum absolute atomic E-state index is 10.7. The molecule has 0 aliphatic heterocycles. The molecule has 2 N–H and O–H groups in total. The van der Waals surface area contributed by atoms with Crippen molar-refractivity contribution in [2.45, 2.75) is 19.8 Å². The van der Waals surface area contributed by atoms with E-state index in [0.717, 1.165) is 17.4 Å². The number of carbonyl (C=O) groups is 1. The Kier molecular flexibility index (Phi) is 4.92. The molecule has 0 radical (unpaired) electrons. The van der Waals surface area contributed by atoms with Gasteiger partial charge in [0, 0.05) is 6.08 Å². The average Bonchev–Trinajstić information content (AvgIpc) is 2.34. The lowest BCUT2D eigenvalue weighted by atomic mass is 9.96. The lowest BCUT2D eigenvalue weighted by molar-refractivity contribution is -0.131. The smallest absolute Gasteiger partial charge is 0.328 e. The van der Waals surface area contributed by atoms with Crippen molar-refractivity contribution >= 4 is 11.5 Å². The number of hydrogen-bond acceptors (Lipinski definition) is 3. The van der Waals surface area contributed by atoms with Gasteiger partial charge in [-0.15, -0.1) is 0 Å². The first-order valence-electron chi connectivity index (χ1n) is 5.72. The van der Waals surface area contributed by atoms with Gasteiger partial charge in [0.25, 0.3) is 0 Å². The van der Waals surface area contributed by atoms with Crippen molar-refractivity contribution in [3.05, 3.63) is 35.4 Å². The Morgan fingerprint density at radius 3 is 2.56 bits per heavy atom. The van der Waals surface area contributed by atoms with Crippen molar-refractivity contribution in [2.24, 2.45) is 0 Å². The highest BCUT2D eigenvalue weighted by Gasteiger charge is 2.11. The van der Waals surface area contributed by atoms with Crippen LogP contribution in [0.3, 0.4) is 0 Å². The topological polar surface area (TPSA) is 66.8 Å². The predicted octanol–water partition coefficient (Wildman–Crippen LogP) is 2.28. The van der Waals surface area contributed by atoms with E-state index in [1.54, 1.807) is 19.2 Å². The highest BCUT2D eigenvalue weighted by molar-refractivity contribution is 5.90. The van der Waals surface area contributed by atoms with E-state index in [0.29, 0.717) is 11.1 Å². The molecule has 4 nitrogen and oxygen atoms in total. The van der Waals surface area contributed by atoms with Crippen molar-refractivity contribution in [2.75, 3.05) is 13.7 Å². The van der Waals surface area contributed by atoms with Crippen LogP contribution in [-0.4, -0.2) is 29.9 Å². The van der Waals surface area contributed by atoms with Gasteiger partial charge in [0.05, 0.1) is 13.7 Å². The number of aliphatic hydroxyl groups excluding tert-OH is 1. The minimum atomic E-state index is -1.07. The van der Waals surface area contributed by atoms with Crippen LogP contribution in [0.2, 0.25) is 0 Å². The number of carboxylic acid groups (broad SMARTS) is 1. The van der Waals surface area contributed by atoms with Crippen molar-refractivity contribution in [1.29, 1.82) is 0 Å². The van der Waals surface area contributed by atoms with E-state index < -0.39 is 5.97 Å². The Balaban J connectivity index is 3.26. The number of rotatable bonds is 5. The summed E-state index contributed by atoms with van der Waals surface area (Å²) in [7, 11) is 1.60. The van der Waals surface area contributed by atoms with E-state index in [-0.39, 0.29) is 12.5 Å². The van der Waals surface area contributed by atoms with E-state index in [1.165, 1.54) is 0 Å². The summed E-state index contributed by atoms with van der Waals surface area (Å²) in [5, 5.41) is 18.0. The second kappa shape index (κ2) is 6.21. The number of aliphatic carboxylic acids is 1. The minimum absolute atomic E-state index is 0.254. The van der Waals surface area contributed by atoms with Crippen LogP contribution in [0.5, 0.6) is 5.75 Å². The van der Waals surface area contributed by atoms with E-state index in [1.807, 2.05) is 19.9 Å². The first-order valence-corrected chi connectivity index (χ1v) is 5.72. The fraction of sp³-hybridized carbons (Fsp3) is 0.357. The van der Waals surface area contributed by atoms with Gasteiger partial charge < -0.3 is 14.9 Å². The molecule has 0 aliphatic rings. The van der Waals surface area contributed by atoms with Crippen LogP contribution in [-0.2, 0) is 4.79 Å². The molecule has 0 saturated heterocycles. The van der Waals surface area contributed by atoms with Gasteiger partial charge in [-0.1, -0.05) is 19.9 Å². The monoisotopic (exact) mass is 250 g/mol. The zero-order chi connectivity index (χ0) is 13.7. The molecule has 1 aromatic carbocycles. The molecule has 0 bridgehead atoms. The molecule has 0 heterocycles. The molecule has 98 valence electrons. The maximum atomic E-state index is 10.7. The van der Waals surface area contributed by atoms with Crippen molar-refractivity contribution in [3.8, 4) is 5.75 Å². The molecule has 0 atom stereocenters. The molecule has 0 spiro atoms. The maximum Gasteiger partial charge on any atom is 0.328 e. The third kappa shape index (κ3) is 3.34. The molecule has 0 unspecified atom stereocenters. The molecular formula is C14H18O4. The number of aliphatic hydroxyl groups is 1. The summed E-state index contributed by atoms with van der Waals surface area (Å²) in [5.41, 5.74) is 2.07. The minimum Gasteiger partial charge on any atom is -0.496 e. The van der Waals surface area contributed by atoms with E-state index in [2.05, 4.69) is 0 Å². The summed E-state index contributed by atoms with van der Waals surface area (Å²) in [6.45, 7) is 3.75. The largest absolute Gasteiger partial charge is 0.496 e. The molecule has 0 fully saturated rings. The van der Waals surface area contributed by atoms with Crippen LogP contribution in [0.1, 0.15) is 30.9 Å². The van der Waals surface area contributed by atoms with Gasteiger partial charge in [-0.05, 0) is 34.8 Å². The van der Waals surface area contributed by atoms with Crippen LogP contribution in [0.15, 0.2) is 24.3 Å². The van der Waals surface area contributed by atoms with Crippen molar-refractivity contribution in [3.63, 3.8) is 0 Å². The summed E-state index contributed by atoms with van der Waals surface area (Å²) in [6, 6.07) is 5.39. The summed E-state index contributed by atoms with van der Waals surface area (Å²) in [5.74, 6) is -0.0491. The second-order valence-corrected chi connectivity index (χ2v) is 4.28. The van der Waals surface area contributed by atoms with Gasteiger partial charge in [0.1, 0.15) is 5.75 Å². The standard InChI is InChI=1S/C14H18O4/c1-9(2)12-6-10(4-5-13(12)18-3)11(8-15)7-14(16)17/h4-7,9,15H,8H2,1-3H3,(H,16,17)/b11-7+. The van der Waals surface area contributed by atoms with Crippen LogP contribution >= 0.6 is 0 Å². The lowest BCUT2D eigenvalue weighted by Crippen LogP contribution is -2.00. The van der Waals surface area contributed by atoms with Gasteiger partial charge in [-0.3, -0.25) is 0 Å². The Bertz CT molecular complexity index is 461. The quantitative estimate of drug-likeness (QED) is 0.787. The van der Waals surface area contributed by atoms with Crippen LogP contribution < -0.4 is 4.74 Å².